The van der Waals surface area contributed by atoms with Crippen molar-refractivity contribution in [1.29, 1.82) is 0 Å². The van der Waals surface area contributed by atoms with Gasteiger partial charge in [-0.2, -0.15) is 0 Å². The highest BCUT2D eigenvalue weighted by Gasteiger charge is 2.45. The number of esters is 1. The minimum Gasteiger partial charge on any atom is -0.433 e. The normalized spacial score (nSPS) is 22.5. The first-order valence-electron chi connectivity index (χ1n) is 19.5. The number of unbranched alkanes of at least 4 members (excludes halogenated alkanes) is 24. The number of hydrogen-bond donors (Lipinski definition) is 4. The van der Waals surface area contributed by atoms with Gasteiger partial charge in [-0.15, -0.1) is 0 Å². The number of ether oxygens (including phenoxy) is 2. The molecular formula is C38H74O7. The van der Waals surface area contributed by atoms with Crippen LogP contribution in [0.4, 0.5) is 0 Å². The highest BCUT2D eigenvalue weighted by molar-refractivity contribution is 5.72. The Morgan fingerprint density at radius 2 is 0.867 bits per heavy atom. The quantitative estimate of drug-likeness (QED) is 0.0441. The molecule has 0 aromatic rings. The van der Waals surface area contributed by atoms with Crippen LogP contribution in [0.25, 0.3) is 0 Å². The smallest absolute Gasteiger partial charge is 0.311 e. The molecule has 0 radical (unpaired) electrons. The zero-order valence-electron chi connectivity index (χ0n) is 29.5. The standard InChI is InChI=1S/C38H74O7/c1-3-5-7-9-11-13-15-17-18-20-22-24-26-28-30-32(29-27-25-23-21-19-16-14-12-10-8-6-4-2)37(43)45-38-36(42)35(41)34(40)33(31-39)44-38/h32-36,38-42H,3-31H2,1-2H3/t32?,33-,34-,35+,36+,38?/m1/s1. The monoisotopic (exact) mass is 643 g/mol. The summed E-state index contributed by atoms with van der Waals surface area (Å²) < 4.78 is 11.0. The molecule has 268 valence electrons. The van der Waals surface area contributed by atoms with E-state index in [0.29, 0.717) is 0 Å². The van der Waals surface area contributed by atoms with Crippen molar-refractivity contribution in [3.05, 3.63) is 0 Å². The molecule has 7 heteroatoms. The Kier molecular flexibility index (Phi) is 27.6. The molecule has 6 atom stereocenters. The van der Waals surface area contributed by atoms with Crippen LogP contribution in [0.5, 0.6) is 0 Å². The molecule has 0 aromatic heterocycles. The largest absolute Gasteiger partial charge is 0.433 e. The van der Waals surface area contributed by atoms with Gasteiger partial charge < -0.3 is 29.9 Å². The van der Waals surface area contributed by atoms with Crippen LogP contribution >= 0.6 is 0 Å². The van der Waals surface area contributed by atoms with E-state index in [1.54, 1.807) is 0 Å². The second kappa shape index (κ2) is 29.4. The summed E-state index contributed by atoms with van der Waals surface area (Å²) in [6.45, 7) is 3.98. The first kappa shape index (κ1) is 42.3. The summed E-state index contributed by atoms with van der Waals surface area (Å²) in [4.78, 5) is 13.2. The highest BCUT2D eigenvalue weighted by Crippen LogP contribution is 2.26. The molecule has 0 aromatic carbocycles. The summed E-state index contributed by atoms with van der Waals surface area (Å²) in [6.07, 6.45) is 27.7. The summed E-state index contributed by atoms with van der Waals surface area (Å²) in [5.74, 6) is -0.699. The van der Waals surface area contributed by atoms with E-state index in [9.17, 15) is 25.2 Å². The fourth-order valence-electron chi connectivity index (χ4n) is 6.57. The van der Waals surface area contributed by atoms with Crippen molar-refractivity contribution in [1.82, 2.24) is 0 Å². The molecule has 1 heterocycles. The lowest BCUT2D eigenvalue weighted by Crippen LogP contribution is -2.59. The molecule has 0 bridgehead atoms. The summed E-state index contributed by atoms with van der Waals surface area (Å²) in [5, 5.41) is 40.0. The average Bonchev–Trinajstić information content (AvgIpc) is 3.04. The van der Waals surface area contributed by atoms with Crippen molar-refractivity contribution in [2.45, 2.75) is 224 Å². The minimum absolute atomic E-state index is 0.280. The maximum Gasteiger partial charge on any atom is 0.311 e. The third-order valence-corrected chi connectivity index (χ3v) is 9.73. The Bertz CT molecular complexity index is 658. The molecular weight excluding hydrogens is 568 g/mol. The van der Waals surface area contributed by atoms with Gasteiger partial charge in [-0.05, 0) is 12.8 Å². The van der Waals surface area contributed by atoms with Crippen molar-refractivity contribution >= 4 is 5.97 Å². The van der Waals surface area contributed by atoms with Crippen molar-refractivity contribution in [3.63, 3.8) is 0 Å². The van der Waals surface area contributed by atoms with Gasteiger partial charge in [-0.3, -0.25) is 4.79 Å². The van der Waals surface area contributed by atoms with Crippen molar-refractivity contribution < 1.29 is 34.7 Å². The van der Waals surface area contributed by atoms with Gasteiger partial charge in [-0.1, -0.05) is 181 Å². The Labute approximate surface area is 277 Å². The van der Waals surface area contributed by atoms with Gasteiger partial charge in [0, 0.05) is 0 Å². The maximum absolute atomic E-state index is 13.2. The Morgan fingerprint density at radius 3 is 1.20 bits per heavy atom. The topological polar surface area (TPSA) is 116 Å². The molecule has 45 heavy (non-hydrogen) atoms. The molecule has 7 nitrogen and oxygen atoms in total. The van der Waals surface area contributed by atoms with Gasteiger partial charge in [0.05, 0.1) is 12.5 Å². The summed E-state index contributed by atoms with van der Waals surface area (Å²) in [7, 11) is 0. The van der Waals surface area contributed by atoms with Crippen molar-refractivity contribution in [2.24, 2.45) is 5.92 Å². The van der Waals surface area contributed by atoms with Crippen LogP contribution in [0.3, 0.4) is 0 Å². The van der Waals surface area contributed by atoms with E-state index in [1.165, 1.54) is 141 Å². The van der Waals surface area contributed by atoms with Crippen molar-refractivity contribution in [3.8, 4) is 0 Å². The summed E-state index contributed by atoms with van der Waals surface area (Å²) in [5.41, 5.74) is 0. The van der Waals surface area contributed by atoms with E-state index >= 15 is 0 Å². The van der Waals surface area contributed by atoms with Crippen LogP contribution in [0.15, 0.2) is 0 Å². The van der Waals surface area contributed by atoms with Crippen LogP contribution in [0, 0.1) is 5.92 Å². The number of carbonyl (C=O) groups excluding carboxylic acids is 1. The van der Waals surface area contributed by atoms with Crippen LogP contribution in [-0.4, -0.2) is 63.7 Å². The lowest BCUT2D eigenvalue weighted by Gasteiger charge is -2.39. The second-order valence-electron chi connectivity index (χ2n) is 13.9. The van der Waals surface area contributed by atoms with Gasteiger partial charge >= 0.3 is 5.97 Å². The molecule has 4 N–H and O–H groups in total. The van der Waals surface area contributed by atoms with E-state index in [0.717, 1.165) is 38.5 Å². The number of carbonyl (C=O) groups is 1. The Balaban J connectivity index is 2.34. The predicted octanol–water partition coefficient (Wildman–Crippen LogP) is 8.91. The van der Waals surface area contributed by atoms with E-state index < -0.39 is 43.3 Å². The molecule has 1 saturated heterocycles. The SMILES string of the molecule is CCCCCCCCCCCCCCCCC(CCCCCCCCCCCCCC)C(=O)OC1O[C@H](CO)[C@@H](O)[C@H](O)[C@@H]1O. The van der Waals surface area contributed by atoms with E-state index in [4.69, 9.17) is 9.47 Å². The second-order valence-corrected chi connectivity index (χ2v) is 13.9. The van der Waals surface area contributed by atoms with E-state index in [2.05, 4.69) is 13.8 Å². The average molecular weight is 643 g/mol. The molecule has 1 aliphatic heterocycles. The molecule has 0 aliphatic carbocycles. The number of rotatable bonds is 31. The van der Waals surface area contributed by atoms with E-state index in [-0.39, 0.29) is 5.92 Å². The van der Waals surface area contributed by atoms with Gasteiger partial charge in [0.25, 0.3) is 0 Å². The minimum atomic E-state index is -1.56. The van der Waals surface area contributed by atoms with Gasteiger partial charge in [-0.25, -0.2) is 0 Å². The number of hydrogen-bond acceptors (Lipinski definition) is 7. The molecule has 1 aliphatic rings. The predicted molar refractivity (Wildman–Crippen MR) is 184 cm³/mol. The fraction of sp³-hybridized carbons (Fsp3) is 0.974. The molecule has 0 saturated carbocycles. The zero-order chi connectivity index (χ0) is 33.0. The van der Waals surface area contributed by atoms with Crippen molar-refractivity contribution in [2.75, 3.05) is 6.61 Å². The highest BCUT2D eigenvalue weighted by atomic mass is 16.7. The zero-order valence-corrected chi connectivity index (χ0v) is 29.5. The first-order valence-corrected chi connectivity index (χ1v) is 19.5. The lowest BCUT2D eigenvalue weighted by atomic mass is 9.93. The van der Waals surface area contributed by atoms with Crippen LogP contribution in [0.1, 0.15) is 194 Å². The Hall–Kier alpha value is -0.730. The van der Waals surface area contributed by atoms with Crippen LogP contribution in [0.2, 0.25) is 0 Å². The third-order valence-electron chi connectivity index (χ3n) is 9.73. The fourth-order valence-corrected chi connectivity index (χ4v) is 6.57. The molecule has 0 spiro atoms. The van der Waals surface area contributed by atoms with Crippen LogP contribution in [-0.2, 0) is 14.3 Å². The van der Waals surface area contributed by atoms with Gasteiger partial charge in [0.1, 0.15) is 24.4 Å². The number of aliphatic hydroxyl groups excluding tert-OH is 4. The Morgan fingerprint density at radius 1 is 0.533 bits per heavy atom. The maximum atomic E-state index is 13.2. The lowest BCUT2D eigenvalue weighted by molar-refractivity contribution is -0.293. The molecule has 1 rings (SSSR count). The summed E-state index contributed by atoms with van der Waals surface area (Å²) in [6, 6.07) is 0. The third kappa shape index (κ3) is 21.0. The van der Waals surface area contributed by atoms with Crippen LogP contribution < -0.4 is 0 Å². The summed E-state index contributed by atoms with van der Waals surface area (Å²) >= 11 is 0. The molecule has 1 fully saturated rings. The first-order chi connectivity index (χ1) is 22.0. The number of aliphatic hydroxyl groups is 4. The van der Waals surface area contributed by atoms with Gasteiger partial charge in [0.15, 0.2) is 0 Å². The van der Waals surface area contributed by atoms with Gasteiger partial charge in [0.2, 0.25) is 6.29 Å². The molecule has 2 unspecified atom stereocenters. The van der Waals surface area contributed by atoms with E-state index in [1.807, 2.05) is 0 Å². The molecule has 0 amide bonds.